The van der Waals surface area contributed by atoms with Crippen molar-refractivity contribution in [1.82, 2.24) is 0 Å². The van der Waals surface area contributed by atoms with Crippen LogP contribution in [-0.2, 0) is 6.54 Å². The number of nitrogens with one attached hydrogen (secondary N) is 1. The summed E-state index contributed by atoms with van der Waals surface area (Å²) in [5, 5.41) is 12.0. The van der Waals surface area contributed by atoms with Gasteiger partial charge in [0.25, 0.3) is 0 Å². The molecule has 0 saturated carbocycles. The maximum Gasteiger partial charge on any atom is 0.137 e. The van der Waals surface area contributed by atoms with Crippen molar-refractivity contribution in [3.8, 4) is 6.07 Å². The molecule has 0 atom stereocenters. The second-order valence-electron chi connectivity index (χ2n) is 3.91. The second kappa shape index (κ2) is 6.18. The van der Waals surface area contributed by atoms with Crippen LogP contribution in [0.4, 0.5) is 10.1 Å². The molecule has 0 unspecified atom stereocenters. The predicted octanol–water partition coefficient (Wildman–Crippen LogP) is 4.83. The van der Waals surface area contributed by atoms with Crippen LogP contribution in [0.15, 0.2) is 45.3 Å². The Morgan fingerprint density at radius 3 is 2.53 bits per heavy atom. The lowest BCUT2D eigenvalue weighted by Gasteiger charge is -2.09. The molecule has 0 aliphatic heterocycles. The van der Waals surface area contributed by atoms with E-state index in [2.05, 4.69) is 43.2 Å². The normalized spacial score (nSPS) is 10.0. The third kappa shape index (κ3) is 3.55. The largest absolute Gasteiger partial charge is 0.380 e. The van der Waals surface area contributed by atoms with E-state index in [4.69, 9.17) is 5.26 Å². The zero-order valence-electron chi connectivity index (χ0n) is 9.75. The van der Waals surface area contributed by atoms with Crippen molar-refractivity contribution >= 4 is 37.5 Å². The van der Waals surface area contributed by atoms with E-state index in [0.29, 0.717) is 16.6 Å². The molecule has 0 bridgehead atoms. The van der Waals surface area contributed by atoms with Gasteiger partial charge >= 0.3 is 0 Å². The SMILES string of the molecule is N#Cc1ccc(NCc2ccc(F)c(Br)c2)c(Br)c1. The van der Waals surface area contributed by atoms with Gasteiger partial charge in [0.05, 0.1) is 16.1 Å². The van der Waals surface area contributed by atoms with E-state index in [-0.39, 0.29) is 5.82 Å². The van der Waals surface area contributed by atoms with Crippen LogP contribution in [0.25, 0.3) is 0 Å². The first-order valence-electron chi connectivity index (χ1n) is 5.47. The summed E-state index contributed by atoms with van der Waals surface area (Å²) < 4.78 is 14.4. The van der Waals surface area contributed by atoms with E-state index >= 15 is 0 Å². The van der Waals surface area contributed by atoms with Gasteiger partial charge in [0, 0.05) is 16.7 Å². The third-order valence-corrected chi connectivity index (χ3v) is 3.83. The standard InChI is InChI=1S/C14H9Br2FN2/c15-11-6-10(1-3-13(11)17)8-19-14-4-2-9(7-18)5-12(14)16/h1-6,19H,8H2. The number of rotatable bonds is 3. The van der Waals surface area contributed by atoms with Gasteiger partial charge in [0.15, 0.2) is 0 Å². The van der Waals surface area contributed by atoms with Crippen molar-refractivity contribution in [1.29, 1.82) is 5.26 Å². The van der Waals surface area contributed by atoms with Gasteiger partial charge in [-0.25, -0.2) is 4.39 Å². The molecular weight excluding hydrogens is 375 g/mol. The average Bonchev–Trinajstić information content (AvgIpc) is 2.41. The highest BCUT2D eigenvalue weighted by atomic mass is 79.9. The van der Waals surface area contributed by atoms with Gasteiger partial charge < -0.3 is 5.32 Å². The molecule has 0 aliphatic carbocycles. The summed E-state index contributed by atoms with van der Waals surface area (Å²) in [4.78, 5) is 0. The van der Waals surface area contributed by atoms with E-state index < -0.39 is 0 Å². The summed E-state index contributed by atoms with van der Waals surface area (Å²) in [6, 6.07) is 12.3. The maximum atomic E-state index is 13.1. The molecule has 0 radical (unpaired) electrons. The topological polar surface area (TPSA) is 35.8 Å². The molecule has 0 fully saturated rings. The molecule has 0 spiro atoms. The zero-order valence-corrected chi connectivity index (χ0v) is 12.9. The molecule has 0 amide bonds. The van der Waals surface area contributed by atoms with Crippen molar-refractivity contribution in [3.05, 3.63) is 62.3 Å². The molecule has 2 aromatic carbocycles. The fraction of sp³-hybridized carbons (Fsp3) is 0.0714. The van der Waals surface area contributed by atoms with Crippen LogP contribution in [0.2, 0.25) is 0 Å². The number of benzene rings is 2. The predicted molar refractivity (Wildman–Crippen MR) is 80.3 cm³/mol. The van der Waals surface area contributed by atoms with Gasteiger partial charge in [-0.3, -0.25) is 0 Å². The van der Waals surface area contributed by atoms with Gasteiger partial charge in [-0.15, -0.1) is 0 Å². The summed E-state index contributed by atoms with van der Waals surface area (Å²) in [6.45, 7) is 0.573. The molecule has 0 saturated heterocycles. The number of hydrogen-bond acceptors (Lipinski definition) is 2. The molecule has 0 aliphatic rings. The molecule has 2 rings (SSSR count). The molecule has 0 aromatic heterocycles. The summed E-state index contributed by atoms with van der Waals surface area (Å²) in [6.07, 6.45) is 0. The first-order valence-corrected chi connectivity index (χ1v) is 7.06. The molecule has 2 nitrogen and oxygen atoms in total. The number of anilines is 1. The van der Waals surface area contributed by atoms with Crippen molar-refractivity contribution in [2.75, 3.05) is 5.32 Å². The van der Waals surface area contributed by atoms with Crippen molar-refractivity contribution in [2.45, 2.75) is 6.54 Å². The number of nitriles is 1. The summed E-state index contributed by atoms with van der Waals surface area (Å²) in [5.74, 6) is -0.275. The first-order chi connectivity index (χ1) is 9.10. The summed E-state index contributed by atoms with van der Waals surface area (Å²) in [5.41, 5.74) is 2.45. The summed E-state index contributed by atoms with van der Waals surface area (Å²) in [7, 11) is 0. The lowest BCUT2D eigenvalue weighted by Crippen LogP contribution is -2.00. The van der Waals surface area contributed by atoms with Crippen LogP contribution in [0.3, 0.4) is 0 Å². The van der Waals surface area contributed by atoms with E-state index in [9.17, 15) is 4.39 Å². The highest BCUT2D eigenvalue weighted by molar-refractivity contribution is 9.10. The molecule has 2 aromatic rings. The van der Waals surface area contributed by atoms with Gasteiger partial charge in [-0.2, -0.15) is 5.26 Å². The van der Waals surface area contributed by atoms with Gasteiger partial charge in [-0.1, -0.05) is 6.07 Å². The first kappa shape index (κ1) is 14.0. The van der Waals surface area contributed by atoms with E-state index in [1.807, 2.05) is 6.07 Å². The highest BCUT2D eigenvalue weighted by Crippen LogP contribution is 2.24. The Balaban J connectivity index is 2.10. The minimum absolute atomic E-state index is 0.275. The van der Waals surface area contributed by atoms with Crippen LogP contribution in [-0.4, -0.2) is 0 Å². The fourth-order valence-electron chi connectivity index (χ4n) is 1.57. The number of hydrogen-bond donors (Lipinski definition) is 1. The molecule has 96 valence electrons. The molecule has 19 heavy (non-hydrogen) atoms. The Morgan fingerprint density at radius 2 is 1.89 bits per heavy atom. The van der Waals surface area contributed by atoms with Crippen LogP contribution < -0.4 is 5.32 Å². The number of halogens is 3. The van der Waals surface area contributed by atoms with Gasteiger partial charge in [0.2, 0.25) is 0 Å². The van der Waals surface area contributed by atoms with Crippen LogP contribution in [0, 0.1) is 17.1 Å². The van der Waals surface area contributed by atoms with Crippen molar-refractivity contribution in [2.24, 2.45) is 0 Å². The Bertz CT molecular complexity index is 650. The Kier molecular flexibility index (Phi) is 4.56. The average molecular weight is 384 g/mol. The minimum Gasteiger partial charge on any atom is -0.380 e. The molecular formula is C14H9Br2FN2. The summed E-state index contributed by atoms with van der Waals surface area (Å²) >= 11 is 6.56. The van der Waals surface area contributed by atoms with Gasteiger partial charge in [-0.05, 0) is 67.8 Å². The third-order valence-electron chi connectivity index (χ3n) is 2.57. The van der Waals surface area contributed by atoms with Crippen LogP contribution in [0.5, 0.6) is 0 Å². The van der Waals surface area contributed by atoms with E-state index in [0.717, 1.165) is 15.7 Å². The zero-order chi connectivity index (χ0) is 13.8. The van der Waals surface area contributed by atoms with E-state index in [1.54, 1.807) is 24.3 Å². The lowest BCUT2D eigenvalue weighted by atomic mass is 10.2. The van der Waals surface area contributed by atoms with Crippen LogP contribution >= 0.6 is 31.9 Å². The van der Waals surface area contributed by atoms with Crippen molar-refractivity contribution < 1.29 is 4.39 Å². The van der Waals surface area contributed by atoms with E-state index in [1.165, 1.54) is 6.07 Å². The molecule has 5 heteroatoms. The maximum absolute atomic E-state index is 13.1. The minimum atomic E-state index is -0.275. The smallest absolute Gasteiger partial charge is 0.137 e. The number of nitrogens with zero attached hydrogens (tertiary/aromatic N) is 1. The monoisotopic (exact) mass is 382 g/mol. The fourth-order valence-corrected chi connectivity index (χ4v) is 2.52. The van der Waals surface area contributed by atoms with Crippen LogP contribution in [0.1, 0.15) is 11.1 Å². The molecule has 1 N–H and O–H groups in total. The Hall–Kier alpha value is -1.38. The van der Waals surface area contributed by atoms with Crippen molar-refractivity contribution in [3.63, 3.8) is 0 Å². The lowest BCUT2D eigenvalue weighted by molar-refractivity contribution is 0.620. The second-order valence-corrected chi connectivity index (χ2v) is 5.62. The molecule has 0 heterocycles. The highest BCUT2D eigenvalue weighted by Gasteiger charge is 2.03. The Morgan fingerprint density at radius 1 is 1.11 bits per heavy atom. The quantitative estimate of drug-likeness (QED) is 0.823. The van der Waals surface area contributed by atoms with Gasteiger partial charge in [0.1, 0.15) is 5.82 Å². The Labute approximate surface area is 127 Å².